The molecule has 0 saturated heterocycles. The SMILES string of the molecule is Fc1ccc(-c2nc(Cl)c(CCCCCCC(C3=NC=CC3)=C3CC3)[nH]2)cc1. The molecule has 2 aromatic rings. The summed E-state index contributed by atoms with van der Waals surface area (Å²) in [6.07, 6.45) is 14.4. The highest BCUT2D eigenvalue weighted by atomic mass is 35.5. The van der Waals surface area contributed by atoms with E-state index in [0.717, 1.165) is 36.9 Å². The molecule has 0 amide bonds. The number of rotatable bonds is 9. The van der Waals surface area contributed by atoms with Crippen LogP contribution in [0.2, 0.25) is 5.15 Å². The van der Waals surface area contributed by atoms with Crippen molar-refractivity contribution in [2.75, 3.05) is 0 Å². The Labute approximate surface area is 170 Å². The highest BCUT2D eigenvalue weighted by molar-refractivity contribution is 6.30. The number of hydrogen-bond donors (Lipinski definition) is 1. The molecule has 1 aliphatic heterocycles. The van der Waals surface area contributed by atoms with Gasteiger partial charge in [-0.15, -0.1) is 0 Å². The largest absolute Gasteiger partial charge is 0.341 e. The number of imidazole rings is 1. The molecular formula is C23H25ClFN3. The van der Waals surface area contributed by atoms with Crippen molar-refractivity contribution >= 4 is 17.3 Å². The number of nitrogens with zero attached hydrogens (tertiary/aromatic N) is 2. The molecule has 1 saturated carbocycles. The maximum Gasteiger partial charge on any atom is 0.150 e. The molecule has 1 aliphatic carbocycles. The maximum atomic E-state index is 13.1. The van der Waals surface area contributed by atoms with Gasteiger partial charge in [0.25, 0.3) is 0 Å². The van der Waals surface area contributed by atoms with Crippen LogP contribution in [0.1, 0.15) is 57.1 Å². The molecule has 3 nitrogen and oxygen atoms in total. The van der Waals surface area contributed by atoms with E-state index in [1.165, 1.54) is 55.5 Å². The van der Waals surface area contributed by atoms with Gasteiger partial charge in [0.15, 0.2) is 5.15 Å². The van der Waals surface area contributed by atoms with Gasteiger partial charge >= 0.3 is 0 Å². The van der Waals surface area contributed by atoms with E-state index in [-0.39, 0.29) is 5.82 Å². The fourth-order valence-corrected chi connectivity index (χ4v) is 3.93. The van der Waals surface area contributed by atoms with Crippen molar-refractivity contribution in [1.29, 1.82) is 0 Å². The number of halogens is 2. The molecule has 1 aromatic carbocycles. The lowest BCUT2D eigenvalue weighted by molar-refractivity contribution is 0.628. The van der Waals surface area contributed by atoms with Crippen LogP contribution in [0.15, 0.2) is 52.7 Å². The van der Waals surface area contributed by atoms with Gasteiger partial charge in [-0.1, -0.05) is 36.1 Å². The van der Waals surface area contributed by atoms with Crippen molar-refractivity contribution in [3.63, 3.8) is 0 Å². The second kappa shape index (κ2) is 8.87. The third-order valence-electron chi connectivity index (χ3n) is 5.37. The van der Waals surface area contributed by atoms with Crippen molar-refractivity contribution in [1.82, 2.24) is 9.97 Å². The van der Waals surface area contributed by atoms with Gasteiger partial charge in [-0.05, 0) is 68.4 Å². The van der Waals surface area contributed by atoms with E-state index in [2.05, 4.69) is 21.0 Å². The second-order valence-corrected chi connectivity index (χ2v) is 7.88. The molecule has 146 valence electrons. The Morgan fingerprint density at radius 2 is 1.86 bits per heavy atom. The Kier molecular flexibility index (Phi) is 6.06. The van der Waals surface area contributed by atoms with Gasteiger partial charge in [0.2, 0.25) is 0 Å². The van der Waals surface area contributed by atoms with E-state index in [9.17, 15) is 4.39 Å². The number of hydrogen-bond acceptors (Lipinski definition) is 2. The van der Waals surface area contributed by atoms with Gasteiger partial charge in [-0.25, -0.2) is 9.37 Å². The molecule has 2 aliphatic rings. The second-order valence-electron chi connectivity index (χ2n) is 7.52. The Bertz CT molecular complexity index is 916. The first-order valence-corrected chi connectivity index (χ1v) is 10.5. The first kappa shape index (κ1) is 19.1. The van der Waals surface area contributed by atoms with E-state index in [1.54, 1.807) is 17.7 Å². The van der Waals surface area contributed by atoms with Crippen molar-refractivity contribution < 1.29 is 4.39 Å². The van der Waals surface area contributed by atoms with E-state index in [0.29, 0.717) is 11.0 Å². The molecule has 5 heteroatoms. The Hall–Kier alpha value is -2.20. The number of H-pyrrole nitrogens is 1. The molecular weight excluding hydrogens is 373 g/mol. The fourth-order valence-electron chi connectivity index (χ4n) is 3.71. The number of nitrogens with one attached hydrogen (secondary N) is 1. The maximum absolute atomic E-state index is 13.1. The number of unbranched alkanes of at least 4 members (excludes halogenated alkanes) is 3. The van der Waals surface area contributed by atoms with E-state index >= 15 is 0 Å². The normalized spacial score (nSPS) is 15.2. The minimum absolute atomic E-state index is 0.251. The fraction of sp³-hybridized carbons (Fsp3) is 0.391. The summed E-state index contributed by atoms with van der Waals surface area (Å²) in [6.45, 7) is 0. The van der Waals surface area contributed by atoms with E-state index in [4.69, 9.17) is 11.6 Å². The Morgan fingerprint density at radius 1 is 1.07 bits per heavy atom. The molecule has 0 spiro atoms. The third kappa shape index (κ3) is 4.79. The molecule has 0 bridgehead atoms. The summed E-state index contributed by atoms with van der Waals surface area (Å²) in [5.41, 5.74) is 6.27. The van der Waals surface area contributed by atoms with Gasteiger partial charge < -0.3 is 4.98 Å². The zero-order valence-electron chi connectivity index (χ0n) is 16.0. The van der Waals surface area contributed by atoms with Gasteiger partial charge in [0.05, 0.1) is 5.69 Å². The highest BCUT2D eigenvalue weighted by Gasteiger charge is 2.21. The van der Waals surface area contributed by atoms with Gasteiger partial charge in [0.1, 0.15) is 11.6 Å². The summed E-state index contributed by atoms with van der Waals surface area (Å²) in [5.74, 6) is 0.449. The summed E-state index contributed by atoms with van der Waals surface area (Å²) in [4.78, 5) is 12.2. The zero-order valence-corrected chi connectivity index (χ0v) is 16.7. The zero-order chi connectivity index (χ0) is 19.3. The van der Waals surface area contributed by atoms with Crippen LogP contribution >= 0.6 is 11.6 Å². The van der Waals surface area contributed by atoms with Gasteiger partial charge in [-0.2, -0.15) is 0 Å². The van der Waals surface area contributed by atoms with Crippen molar-refractivity contribution in [3.8, 4) is 11.4 Å². The van der Waals surface area contributed by atoms with E-state index in [1.807, 2.05) is 6.20 Å². The molecule has 0 unspecified atom stereocenters. The average Bonchev–Trinajstić information content (AvgIpc) is 3.25. The van der Waals surface area contributed by atoms with E-state index < -0.39 is 0 Å². The van der Waals surface area contributed by atoms with Crippen molar-refractivity contribution in [2.45, 2.75) is 57.8 Å². The molecule has 1 fully saturated rings. The number of benzene rings is 1. The summed E-state index contributed by atoms with van der Waals surface area (Å²) < 4.78 is 13.1. The minimum Gasteiger partial charge on any atom is -0.341 e. The molecule has 0 radical (unpaired) electrons. The number of aromatic nitrogens is 2. The van der Waals surface area contributed by atoms with Crippen LogP contribution in [0, 0.1) is 5.82 Å². The number of aromatic amines is 1. The summed E-state index contributed by atoms with van der Waals surface area (Å²) in [6, 6.07) is 6.29. The highest BCUT2D eigenvalue weighted by Crippen LogP contribution is 2.36. The van der Waals surface area contributed by atoms with Crippen LogP contribution in [0.5, 0.6) is 0 Å². The number of aliphatic imine (C=N–C) groups is 1. The van der Waals surface area contributed by atoms with Crippen LogP contribution in [0.4, 0.5) is 4.39 Å². The summed E-state index contributed by atoms with van der Waals surface area (Å²) >= 11 is 6.28. The standard InChI is InChI=1S/C23H25ClFN3/c24-22-21(27-23(28-22)17-11-13-18(25)14-12-17)7-4-2-1-3-6-19(16-9-10-16)20-8-5-15-26-20/h5,11-15H,1-4,6-10H2,(H,27,28). The molecule has 1 aromatic heterocycles. The Morgan fingerprint density at radius 3 is 2.57 bits per heavy atom. The van der Waals surface area contributed by atoms with Crippen LogP contribution in [-0.2, 0) is 6.42 Å². The lowest BCUT2D eigenvalue weighted by Gasteiger charge is -2.07. The first-order chi connectivity index (χ1) is 13.7. The quantitative estimate of drug-likeness (QED) is 0.464. The third-order valence-corrected chi connectivity index (χ3v) is 5.68. The average molecular weight is 398 g/mol. The first-order valence-electron chi connectivity index (χ1n) is 10.1. The van der Waals surface area contributed by atoms with Crippen LogP contribution in [0.3, 0.4) is 0 Å². The van der Waals surface area contributed by atoms with Crippen LogP contribution in [0.25, 0.3) is 11.4 Å². The predicted molar refractivity (Wildman–Crippen MR) is 113 cm³/mol. The summed E-state index contributed by atoms with van der Waals surface area (Å²) in [5, 5.41) is 0.520. The molecule has 1 N–H and O–H groups in total. The lowest BCUT2D eigenvalue weighted by atomic mass is 9.99. The van der Waals surface area contributed by atoms with Crippen LogP contribution in [-0.4, -0.2) is 15.7 Å². The molecule has 28 heavy (non-hydrogen) atoms. The summed E-state index contributed by atoms with van der Waals surface area (Å²) in [7, 11) is 0. The smallest absolute Gasteiger partial charge is 0.150 e. The number of allylic oxidation sites excluding steroid dienone is 3. The predicted octanol–water partition coefficient (Wildman–Crippen LogP) is 6.81. The molecule has 4 rings (SSSR count). The topological polar surface area (TPSA) is 41.0 Å². The molecule has 2 heterocycles. The van der Waals surface area contributed by atoms with Crippen LogP contribution < -0.4 is 0 Å². The number of aryl methyl sites for hydroxylation is 1. The van der Waals surface area contributed by atoms with Gasteiger partial charge in [0, 0.05) is 23.9 Å². The minimum atomic E-state index is -0.251. The van der Waals surface area contributed by atoms with Crippen molar-refractivity contribution in [3.05, 3.63) is 64.4 Å². The molecule has 0 atom stereocenters. The Balaban J connectivity index is 1.21. The lowest BCUT2D eigenvalue weighted by Crippen LogP contribution is -2.00. The van der Waals surface area contributed by atoms with Crippen molar-refractivity contribution in [2.24, 2.45) is 4.99 Å². The van der Waals surface area contributed by atoms with Gasteiger partial charge in [-0.3, -0.25) is 4.99 Å². The monoisotopic (exact) mass is 397 g/mol.